The summed E-state index contributed by atoms with van der Waals surface area (Å²) in [4.78, 5) is 22.9. The molecule has 0 radical (unpaired) electrons. The van der Waals surface area contributed by atoms with Gasteiger partial charge in [-0.3, -0.25) is 9.36 Å². The summed E-state index contributed by atoms with van der Waals surface area (Å²) in [5, 5.41) is 0.537. The maximum absolute atomic E-state index is 12.3. The number of amides is 1. The zero-order chi connectivity index (χ0) is 14.3. The lowest BCUT2D eigenvalue weighted by atomic mass is 10.2. The summed E-state index contributed by atoms with van der Waals surface area (Å²) in [6.07, 6.45) is 2.94. The molecule has 1 aliphatic rings. The predicted molar refractivity (Wildman–Crippen MR) is 78.3 cm³/mol. The Bertz CT molecular complexity index is 670. The van der Waals surface area contributed by atoms with Crippen LogP contribution in [0.4, 0.5) is 0 Å². The first-order valence-corrected chi connectivity index (χ1v) is 7.36. The molecule has 1 amide bonds. The Balaban J connectivity index is 2.16. The van der Waals surface area contributed by atoms with E-state index in [0.717, 1.165) is 18.8 Å². The van der Waals surface area contributed by atoms with Crippen LogP contribution >= 0.6 is 23.2 Å². The number of aryl methyl sites for hydroxylation is 1. The highest BCUT2D eigenvalue weighted by Gasteiger charge is 2.33. The van der Waals surface area contributed by atoms with Crippen molar-refractivity contribution in [2.45, 2.75) is 18.9 Å². The summed E-state index contributed by atoms with van der Waals surface area (Å²) in [5.74, 6) is 1.34. The molecule has 106 valence electrons. The maximum Gasteiger partial charge on any atom is 0.245 e. The Hall–Kier alpha value is -1.33. The van der Waals surface area contributed by atoms with E-state index in [4.69, 9.17) is 23.2 Å². The number of carbonyl (C=O) groups excluding carboxylic acids is 1. The first-order chi connectivity index (χ1) is 9.61. The van der Waals surface area contributed by atoms with E-state index in [2.05, 4.69) is 9.97 Å². The second-order valence-corrected chi connectivity index (χ2v) is 5.71. The second-order valence-electron chi connectivity index (χ2n) is 4.90. The lowest BCUT2D eigenvalue weighted by Gasteiger charge is -2.15. The fourth-order valence-corrected chi connectivity index (χ4v) is 2.96. The minimum Gasteiger partial charge on any atom is -0.344 e. The minimum absolute atomic E-state index is 0.0943. The van der Waals surface area contributed by atoms with Crippen LogP contribution in [0.1, 0.15) is 18.3 Å². The van der Waals surface area contributed by atoms with E-state index >= 15 is 0 Å². The number of fused-ring (bicyclic) bond motifs is 1. The third kappa shape index (κ3) is 2.15. The van der Waals surface area contributed by atoms with Crippen LogP contribution in [0.25, 0.3) is 11.2 Å². The van der Waals surface area contributed by atoms with E-state index in [1.165, 1.54) is 0 Å². The van der Waals surface area contributed by atoms with E-state index < -0.39 is 0 Å². The summed E-state index contributed by atoms with van der Waals surface area (Å²) >= 11 is 11.8. The largest absolute Gasteiger partial charge is 0.344 e. The highest BCUT2D eigenvalue weighted by molar-refractivity contribution is 6.31. The van der Waals surface area contributed by atoms with Crippen molar-refractivity contribution in [3.05, 3.63) is 23.1 Å². The van der Waals surface area contributed by atoms with Crippen molar-refractivity contribution >= 4 is 40.3 Å². The molecule has 3 rings (SSSR count). The van der Waals surface area contributed by atoms with Crippen molar-refractivity contribution in [3.8, 4) is 0 Å². The molecule has 0 aliphatic carbocycles. The molecular weight excluding hydrogens is 299 g/mol. The van der Waals surface area contributed by atoms with Crippen LogP contribution in [0.15, 0.2) is 12.3 Å². The number of hydrogen-bond donors (Lipinski definition) is 0. The zero-order valence-corrected chi connectivity index (χ0v) is 12.5. The average Bonchev–Trinajstić information content (AvgIpc) is 2.91. The number of imidazole rings is 1. The molecule has 2 aromatic rings. The topological polar surface area (TPSA) is 51.0 Å². The van der Waals surface area contributed by atoms with Crippen molar-refractivity contribution in [2.24, 2.45) is 0 Å². The zero-order valence-electron chi connectivity index (χ0n) is 11.0. The van der Waals surface area contributed by atoms with Crippen molar-refractivity contribution in [1.82, 2.24) is 19.4 Å². The van der Waals surface area contributed by atoms with Crippen LogP contribution in [0.2, 0.25) is 5.02 Å². The van der Waals surface area contributed by atoms with Gasteiger partial charge in [0, 0.05) is 32.1 Å². The molecular formula is C13H14Cl2N4O. The van der Waals surface area contributed by atoms with Crippen molar-refractivity contribution < 1.29 is 4.79 Å². The van der Waals surface area contributed by atoms with Gasteiger partial charge in [0.05, 0.1) is 5.02 Å². The molecule has 0 bridgehead atoms. The Kier molecular flexibility index (Phi) is 3.56. The number of alkyl halides is 1. The summed E-state index contributed by atoms with van der Waals surface area (Å²) in [6.45, 7) is 0.747. The van der Waals surface area contributed by atoms with E-state index in [1.807, 2.05) is 11.6 Å². The molecule has 1 fully saturated rings. The predicted octanol–water partition coefficient (Wildman–Crippen LogP) is 2.27. The van der Waals surface area contributed by atoms with Crippen molar-refractivity contribution in [2.75, 3.05) is 19.5 Å². The van der Waals surface area contributed by atoms with Crippen LogP contribution in [-0.4, -0.2) is 44.8 Å². The summed E-state index contributed by atoms with van der Waals surface area (Å²) in [5.41, 5.74) is 1.41. The van der Waals surface area contributed by atoms with Crippen LogP contribution in [0.3, 0.4) is 0 Å². The van der Waals surface area contributed by atoms with Crippen molar-refractivity contribution in [3.63, 3.8) is 0 Å². The summed E-state index contributed by atoms with van der Waals surface area (Å²) in [7, 11) is 1.81. The molecule has 7 heteroatoms. The van der Waals surface area contributed by atoms with Crippen LogP contribution in [0, 0.1) is 0 Å². The maximum atomic E-state index is 12.3. The highest BCUT2D eigenvalue weighted by Crippen LogP contribution is 2.29. The standard InChI is InChI=1S/C13H14Cl2N4O/c1-18-5-3-10(13(18)20)19-11(2-4-14)17-9-6-8(15)7-16-12(9)19/h6-7,10H,2-5H2,1H3. The van der Waals surface area contributed by atoms with Crippen LogP contribution in [0.5, 0.6) is 0 Å². The first kappa shape index (κ1) is 13.6. The molecule has 1 atom stereocenters. The third-order valence-corrected chi connectivity index (χ3v) is 3.99. The second kappa shape index (κ2) is 5.22. The Morgan fingerprint density at radius 1 is 1.50 bits per heavy atom. The molecule has 1 saturated heterocycles. The van der Waals surface area contributed by atoms with Crippen molar-refractivity contribution in [1.29, 1.82) is 0 Å². The Morgan fingerprint density at radius 3 is 2.95 bits per heavy atom. The van der Waals surface area contributed by atoms with Crippen LogP contribution in [-0.2, 0) is 11.2 Å². The minimum atomic E-state index is -0.239. The number of halogens is 2. The number of hydrogen-bond acceptors (Lipinski definition) is 3. The van der Waals surface area contributed by atoms with Gasteiger partial charge in [-0.05, 0) is 12.5 Å². The molecule has 20 heavy (non-hydrogen) atoms. The van der Waals surface area contributed by atoms with E-state index in [-0.39, 0.29) is 11.9 Å². The number of pyridine rings is 1. The van der Waals surface area contributed by atoms with E-state index in [9.17, 15) is 4.79 Å². The number of carbonyl (C=O) groups is 1. The molecule has 1 unspecified atom stereocenters. The quantitative estimate of drug-likeness (QED) is 0.817. The van der Waals surface area contributed by atoms with Gasteiger partial charge in [-0.2, -0.15) is 0 Å². The molecule has 0 aromatic carbocycles. The molecule has 0 N–H and O–H groups in total. The molecule has 2 aromatic heterocycles. The molecule has 3 heterocycles. The van der Waals surface area contributed by atoms with E-state index in [1.54, 1.807) is 17.2 Å². The highest BCUT2D eigenvalue weighted by atomic mass is 35.5. The monoisotopic (exact) mass is 312 g/mol. The van der Waals surface area contributed by atoms with Gasteiger partial charge in [0.1, 0.15) is 17.4 Å². The molecule has 1 aliphatic heterocycles. The number of rotatable bonds is 3. The fraction of sp³-hybridized carbons (Fsp3) is 0.462. The lowest BCUT2D eigenvalue weighted by molar-refractivity contribution is -0.129. The Labute approximate surface area is 126 Å². The van der Waals surface area contributed by atoms with E-state index in [0.29, 0.717) is 28.5 Å². The van der Waals surface area contributed by atoms with Gasteiger partial charge in [0.25, 0.3) is 0 Å². The lowest BCUT2D eigenvalue weighted by Crippen LogP contribution is -2.25. The molecule has 0 saturated carbocycles. The van der Waals surface area contributed by atoms with Crippen LogP contribution < -0.4 is 0 Å². The SMILES string of the molecule is CN1CCC(n2c(CCCl)nc3cc(Cl)cnc32)C1=O. The number of likely N-dealkylation sites (tertiary alicyclic amines) is 1. The summed E-state index contributed by atoms with van der Waals surface area (Å²) in [6, 6.07) is 1.53. The van der Waals surface area contributed by atoms with Gasteiger partial charge < -0.3 is 4.90 Å². The fourth-order valence-electron chi connectivity index (χ4n) is 2.64. The molecule has 0 spiro atoms. The first-order valence-electron chi connectivity index (χ1n) is 6.45. The van der Waals surface area contributed by atoms with Gasteiger partial charge in [-0.1, -0.05) is 11.6 Å². The van der Waals surface area contributed by atoms with Gasteiger partial charge in [0.15, 0.2) is 5.65 Å². The van der Waals surface area contributed by atoms with Gasteiger partial charge in [0.2, 0.25) is 5.91 Å². The normalized spacial score (nSPS) is 19.2. The third-order valence-electron chi connectivity index (χ3n) is 3.60. The van der Waals surface area contributed by atoms with Gasteiger partial charge in [-0.25, -0.2) is 9.97 Å². The van der Waals surface area contributed by atoms with Gasteiger partial charge >= 0.3 is 0 Å². The Morgan fingerprint density at radius 2 is 2.30 bits per heavy atom. The number of likely N-dealkylation sites (N-methyl/N-ethyl adjacent to an activating group) is 1. The number of nitrogens with zero attached hydrogens (tertiary/aromatic N) is 4. The smallest absolute Gasteiger partial charge is 0.245 e. The average molecular weight is 313 g/mol. The number of aromatic nitrogens is 3. The summed E-state index contributed by atoms with van der Waals surface area (Å²) < 4.78 is 1.92. The van der Waals surface area contributed by atoms with Gasteiger partial charge in [-0.15, -0.1) is 11.6 Å². The molecule has 5 nitrogen and oxygen atoms in total.